The van der Waals surface area contributed by atoms with Crippen molar-refractivity contribution in [1.29, 1.82) is 0 Å². The first kappa shape index (κ1) is 19.7. The number of nitrogens with one attached hydrogen (secondary N) is 1. The zero-order valence-corrected chi connectivity index (χ0v) is 15.0. The third-order valence-corrected chi connectivity index (χ3v) is 4.38. The van der Waals surface area contributed by atoms with Crippen LogP contribution in [0.4, 0.5) is 10.1 Å². The first-order valence-corrected chi connectivity index (χ1v) is 8.94. The van der Waals surface area contributed by atoms with Crippen LogP contribution in [0.5, 0.6) is 0 Å². The molecule has 7 heteroatoms. The molecule has 2 rings (SSSR count). The maximum absolute atomic E-state index is 13.5. The number of hydrogen-bond donors (Lipinski definition) is 1. The Morgan fingerprint density at radius 1 is 1.08 bits per heavy atom. The van der Waals surface area contributed by atoms with E-state index >= 15 is 0 Å². The van der Waals surface area contributed by atoms with Crippen molar-refractivity contribution < 1.29 is 23.5 Å². The number of amides is 1. The number of hydrogen-bond acceptors (Lipinski definition) is 5. The Kier molecular flexibility index (Phi) is 7.35. The van der Waals surface area contributed by atoms with E-state index in [9.17, 15) is 18.8 Å². The normalized spacial score (nSPS) is 10.2. The summed E-state index contributed by atoms with van der Waals surface area (Å²) in [6, 6.07) is 12.4. The Morgan fingerprint density at radius 3 is 2.42 bits per heavy atom. The average Bonchev–Trinajstić information content (AvgIpc) is 2.66. The van der Waals surface area contributed by atoms with Gasteiger partial charge in [0.15, 0.2) is 12.4 Å². The maximum atomic E-state index is 13.5. The second-order valence-electron chi connectivity index (χ2n) is 5.28. The molecule has 2 aromatic rings. The summed E-state index contributed by atoms with van der Waals surface area (Å²) >= 11 is 1.01. The molecule has 0 heterocycles. The van der Waals surface area contributed by atoms with E-state index in [1.807, 2.05) is 0 Å². The molecule has 0 aliphatic carbocycles. The molecule has 0 saturated heterocycles. The van der Waals surface area contributed by atoms with Crippen molar-refractivity contribution in [2.75, 3.05) is 17.7 Å². The third kappa shape index (κ3) is 6.00. The lowest BCUT2D eigenvalue weighted by Crippen LogP contribution is -2.15. The number of anilines is 1. The highest BCUT2D eigenvalue weighted by Gasteiger charge is 2.12. The van der Waals surface area contributed by atoms with E-state index in [1.165, 1.54) is 6.07 Å². The van der Waals surface area contributed by atoms with Crippen LogP contribution in [-0.2, 0) is 14.3 Å². The van der Waals surface area contributed by atoms with Gasteiger partial charge in [-0.3, -0.25) is 14.4 Å². The van der Waals surface area contributed by atoms with E-state index in [1.54, 1.807) is 49.4 Å². The largest absolute Gasteiger partial charge is 0.457 e. The van der Waals surface area contributed by atoms with Crippen molar-refractivity contribution in [3.63, 3.8) is 0 Å². The van der Waals surface area contributed by atoms with Crippen molar-refractivity contribution in [3.05, 3.63) is 59.9 Å². The second-order valence-corrected chi connectivity index (χ2v) is 6.30. The zero-order valence-electron chi connectivity index (χ0n) is 14.2. The lowest BCUT2D eigenvalue weighted by molar-refractivity contribution is -0.139. The monoisotopic (exact) mass is 375 g/mol. The van der Waals surface area contributed by atoms with Gasteiger partial charge in [0, 0.05) is 22.6 Å². The molecule has 0 aliphatic heterocycles. The molecule has 2 aromatic carbocycles. The van der Waals surface area contributed by atoms with E-state index < -0.39 is 18.4 Å². The fourth-order valence-corrected chi connectivity index (χ4v) is 2.70. The Hall–Kier alpha value is -2.67. The molecule has 0 radical (unpaired) electrons. The van der Waals surface area contributed by atoms with Crippen LogP contribution in [-0.4, -0.2) is 30.0 Å². The third-order valence-electron chi connectivity index (χ3n) is 3.36. The number of carbonyl (C=O) groups is 3. The van der Waals surface area contributed by atoms with Gasteiger partial charge in [-0.2, -0.15) is 0 Å². The molecule has 0 unspecified atom stereocenters. The molecule has 0 aliphatic rings. The van der Waals surface area contributed by atoms with E-state index in [4.69, 9.17) is 4.74 Å². The number of benzene rings is 2. The fraction of sp³-hybridized carbons (Fsp3) is 0.211. The molecular weight excluding hydrogens is 357 g/mol. The van der Waals surface area contributed by atoms with Crippen molar-refractivity contribution in [2.24, 2.45) is 0 Å². The smallest absolute Gasteiger partial charge is 0.316 e. The number of ether oxygens (including phenoxy) is 1. The molecular formula is C19H18FNO4S. The van der Waals surface area contributed by atoms with Gasteiger partial charge in [-0.05, 0) is 36.4 Å². The summed E-state index contributed by atoms with van der Waals surface area (Å²) < 4.78 is 18.4. The van der Waals surface area contributed by atoms with E-state index in [0.717, 1.165) is 11.8 Å². The number of carbonyl (C=O) groups excluding carboxylic acids is 3. The predicted octanol–water partition coefficient (Wildman–Crippen LogP) is 3.69. The topological polar surface area (TPSA) is 72.5 Å². The second kappa shape index (κ2) is 9.72. The van der Waals surface area contributed by atoms with Gasteiger partial charge in [-0.1, -0.05) is 19.1 Å². The van der Waals surface area contributed by atoms with Crippen LogP contribution in [0.25, 0.3) is 0 Å². The van der Waals surface area contributed by atoms with Crippen molar-refractivity contribution >= 4 is 35.1 Å². The van der Waals surface area contributed by atoms with E-state index in [0.29, 0.717) is 22.6 Å². The van der Waals surface area contributed by atoms with Crippen LogP contribution in [0.1, 0.15) is 23.7 Å². The fourth-order valence-electron chi connectivity index (χ4n) is 1.96. The van der Waals surface area contributed by atoms with Crippen molar-refractivity contribution in [3.8, 4) is 0 Å². The van der Waals surface area contributed by atoms with Gasteiger partial charge >= 0.3 is 5.97 Å². The van der Waals surface area contributed by atoms with Gasteiger partial charge < -0.3 is 10.1 Å². The summed E-state index contributed by atoms with van der Waals surface area (Å²) in [6.07, 6.45) is 0.363. The van der Waals surface area contributed by atoms with Gasteiger partial charge in [0.2, 0.25) is 5.91 Å². The summed E-state index contributed by atoms with van der Waals surface area (Å²) in [4.78, 5) is 35.4. The number of ketones is 1. The summed E-state index contributed by atoms with van der Waals surface area (Å²) in [5.74, 6) is -1.57. The standard InChI is InChI=1S/C19H18FNO4S/c1-2-18(23)21-14-9-7-13(8-10-14)16(22)11-25-19(24)12-26-17-6-4-3-5-15(17)20/h3-10H,2,11-12H2,1H3,(H,21,23). The molecule has 0 spiro atoms. The van der Waals surface area contributed by atoms with Crippen LogP contribution in [0, 0.1) is 5.82 Å². The summed E-state index contributed by atoms with van der Waals surface area (Å²) in [6.45, 7) is 1.35. The molecule has 136 valence electrons. The SMILES string of the molecule is CCC(=O)Nc1ccc(C(=O)COC(=O)CSc2ccccc2F)cc1. The number of thioether (sulfide) groups is 1. The van der Waals surface area contributed by atoms with Crippen molar-refractivity contribution in [1.82, 2.24) is 0 Å². The lowest BCUT2D eigenvalue weighted by atomic mass is 10.1. The summed E-state index contributed by atoms with van der Waals surface area (Å²) in [7, 11) is 0. The van der Waals surface area contributed by atoms with Gasteiger partial charge in [-0.15, -0.1) is 11.8 Å². The minimum absolute atomic E-state index is 0.0871. The number of rotatable bonds is 8. The number of Topliss-reactive ketones (excluding diaryl/α,β-unsaturated/α-hetero) is 1. The molecule has 0 fully saturated rings. The molecule has 0 atom stereocenters. The maximum Gasteiger partial charge on any atom is 0.316 e. The van der Waals surface area contributed by atoms with Crippen LogP contribution in [0.2, 0.25) is 0 Å². The Morgan fingerprint density at radius 2 is 1.77 bits per heavy atom. The van der Waals surface area contributed by atoms with Gasteiger partial charge in [0.1, 0.15) is 5.82 Å². The molecule has 5 nitrogen and oxygen atoms in total. The van der Waals surface area contributed by atoms with Gasteiger partial charge in [-0.25, -0.2) is 4.39 Å². The molecule has 0 bridgehead atoms. The zero-order chi connectivity index (χ0) is 18.9. The first-order valence-electron chi connectivity index (χ1n) is 7.95. The van der Waals surface area contributed by atoms with Crippen LogP contribution in [0.3, 0.4) is 0 Å². The van der Waals surface area contributed by atoms with Crippen LogP contribution >= 0.6 is 11.8 Å². The molecule has 1 N–H and O–H groups in total. The minimum atomic E-state index is -0.599. The predicted molar refractivity (Wildman–Crippen MR) is 97.8 cm³/mol. The highest BCUT2D eigenvalue weighted by atomic mass is 32.2. The molecule has 0 saturated carbocycles. The van der Waals surface area contributed by atoms with Gasteiger partial charge in [0.25, 0.3) is 0 Å². The minimum Gasteiger partial charge on any atom is -0.457 e. The average molecular weight is 375 g/mol. The Labute approximate surface area is 154 Å². The van der Waals surface area contributed by atoms with E-state index in [2.05, 4.69) is 5.32 Å². The van der Waals surface area contributed by atoms with Crippen LogP contribution in [0.15, 0.2) is 53.4 Å². The lowest BCUT2D eigenvalue weighted by Gasteiger charge is -2.07. The highest BCUT2D eigenvalue weighted by molar-refractivity contribution is 8.00. The number of esters is 1. The van der Waals surface area contributed by atoms with Crippen molar-refractivity contribution in [2.45, 2.75) is 18.2 Å². The Balaban J connectivity index is 1.79. The van der Waals surface area contributed by atoms with Gasteiger partial charge in [0.05, 0.1) is 5.75 Å². The quantitative estimate of drug-likeness (QED) is 0.433. The highest BCUT2D eigenvalue weighted by Crippen LogP contribution is 2.21. The van der Waals surface area contributed by atoms with Crippen LogP contribution < -0.4 is 5.32 Å². The molecule has 0 aromatic heterocycles. The summed E-state index contributed by atoms with van der Waals surface area (Å²) in [5.41, 5.74) is 0.959. The van der Waals surface area contributed by atoms with E-state index in [-0.39, 0.29) is 17.4 Å². The first-order chi connectivity index (χ1) is 12.5. The molecule has 1 amide bonds. The summed E-state index contributed by atoms with van der Waals surface area (Å²) in [5, 5.41) is 2.68. The number of halogens is 1. The Bertz CT molecular complexity index is 792. The molecule has 26 heavy (non-hydrogen) atoms.